The number of hydrogen-bond acceptors (Lipinski definition) is 4. The average molecular weight is 725 g/mol. The molecule has 0 aliphatic heterocycles. The summed E-state index contributed by atoms with van der Waals surface area (Å²) < 4.78 is 122. The number of halogens is 9. The van der Waals surface area contributed by atoms with E-state index in [9.17, 15) is 31.5 Å². The molecule has 6 rings (SSSR count). The van der Waals surface area contributed by atoms with Crippen LogP contribution < -0.4 is 5.32 Å². The Morgan fingerprint density at radius 3 is 2.22 bits per heavy atom. The van der Waals surface area contributed by atoms with E-state index in [-0.39, 0.29) is 27.3 Å². The van der Waals surface area contributed by atoms with E-state index in [4.69, 9.17) is 16.3 Å². The molecule has 0 bridgehead atoms. The Kier molecular flexibility index (Phi) is 8.48. The van der Waals surface area contributed by atoms with Crippen LogP contribution in [0.4, 0.5) is 45.6 Å². The lowest BCUT2D eigenvalue weighted by molar-refractivity contribution is -0.141. The summed E-state index contributed by atoms with van der Waals surface area (Å²) in [5.41, 5.74) is -6.36. The van der Waals surface area contributed by atoms with Crippen molar-refractivity contribution >= 4 is 40.1 Å². The van der Waals surface area contributed by atoms with Gasteiger partial charge in [-0.05, 0) is 87.7 Å². The van der Waals surface area contributed by atoms with Crippen LogP contribution in [0.3, 0.4) is 0 Å². The number of ether oxygens (including phenoxy) is 1. The lowest BCUT2D eigenvalue weighted by Gasteiger charge is -2.22. The summed E-state index contributed by atoms with van der Waals surface area (Å²) in [4.78, 5) is 27.3. The maximum Gasteiger partial charge on any atom is 0.432 e. The fraction of sp³-hybridized carbons (Fsp3) is 0.265. The summed E-state index contributed by atoms with van der Waals surface area (Å²) in [6.45, 7) is 4.23. The normalized spacial score (nSPS) is 13.9. The van der Waals surface area contributed by atoms with E-state index in [1.807, 2.05) is 0 Å². The van der Waals surface area contributed by atoms with Crippen molar-refractivity contribution in [3.63, 3.8) is 0 Å². The molecule has 0 unspecified atom stereocenters. The van der Waals surface area contributed by atoms with Gasteiger partial charge >= 0.3 is 18.4 Å². The number of fused-ring (bicyclic) bond motifs is 1. The zero-order chi connectivity index (χ0) is 36.5. The van der Waals surface area contributed by atoms with Crippen LogP contribution in [0, 0.1) is 11.6 Å². The van der Waals surface area contributed by atoms with Gasteiger partial charge in [-0.15, -0.1) is 0 Å². The number of hydrogen-bond donors (Lipinski definition) is 1. The Hall–Kier alpha value is -4.92. The third-order valence-corrected chi connectivity index (χ3v) is 8.03. The number of carbonyl (C=O) groups excluding carboxylic acids is 2. The molecular weight excluding hydrogens is 700 g/mol. The molecule has 3 aromatic carbocycles. The van der Waals surface area contributed by atoms with Crippen molar-refractivity contribution in [2.45, 2.75) is 57.6 Å². The highest BCUT2D eigenvalue weighted by Crippen LogP contribution is 2.48. The van der Waals surface area contributed by atoms with E-state index in [1.165, 1.54) is 33.0 Å². The number of nitrogens with one attached hydrogen (secondary N) is 1. The number of alkyl halides is 6. The van der Waals surface area contributed by atoms with Crippen LogP contribution in [0.1, 0.15) is 61.3 Å². The Morgan fingerprint density at radius 1 is 0.900 bits per heavy atom. The molecule has 5 aromatic rings. The molecule has 1 aliphatic carbocycles. The van der Waals surface area contributed by atoms with Crippen molar-refractivity contribution < 1.29 is 49.4 Å². The van der Waals surface area contributed by atoms with Crippen LogP contribution in [0.25, 0.3) is 33.2 Å². The molecule has 2 heterocycles. The first kappa shape index (κ1) is 34.9. The summed E-state index contributed by atoms with van der Waals surface area (Å²) in [6.07, 6.45) is -7.29. The van der Waals surface area contributed by atoms with Gasteiger partial charge in [-0.1, -0.05) is 11.6 Å². The second-order valence-corrected chi connectivity index (χ2v) is 13.1. The molecule has 1 aliphatic rings. The average Bonchev–Trinajstić information content (AvgIpc) is 3.60. The predicted octanol–water partition coefficient (Wildman–Crippen LogP) is 10.5. The van der Waals surface area contributed by atoms with Gasteiger partial charge in [0.25, 0.3) is 5.91 Å². The molecule has 7 nitrogen and oxygen atoms in total. The van der Waals surface area contributed by atoms with Crippen molar-refractivity contribution in [3.8, 4) is 22.4 Å². The van der Waals surface area contributed by atoms with Gasteiger partial charge in [0, 0.05) is 33.7 Å². The second kappa shape index (κ2) is 12.1. The zero-order valence-electron chi connectivity index (χ0n) is 26.2. The minimum atomic E-state index is -5.30. The Morgan fingerprint density at radius 2 is 1.60 bits per heavy atom. The van der Waals surface area contributed by atoms with Crippen molar-refractivity contribution in [3.05, 3.63) is 94.4 Å². The van der Waals surface area contributed by atoms with Crippen LogP contribution in [0.2, 0.25) is 5.02 Å². The number of nitrogens with zero attached hydrogens (tertiary/aromatic N) is 3. The molecule has 1 fully saturated rings. The fourth-order valence-corrected chi connectivity index (χ4v) is 5.71. The molecule has 0 saturated heterocycles. The first-order valence-corrected chi connectivity index (χ1v) is 15.3. The van der Waals surface area contributed by atoms with Crippen LogP contribution in [-0.4, -0.2) is 31.9 Å². The number of benzene rings is 3. The summed E-state index contributed by atoms with van der Waals surface area (Å²) in [6, 6.07) is 6.19. The molecule has 262 valence electrons. The van der Waals surface area contributed by atoms with Crippen LogP contribution in [0.5, 0.6) is 0 Å². The lowest BCUT2D eigenvalue weighted by atomic mass is 9.99. The zero-order valence-corrected chi connectivity index (χ0v) is 27.0. The van der Waals surface area contributed by atoms with Gasteiger partial charge in [-0.2, -0.15) is 31.4 Å². The molecule has 1 N–H and O–H groups in total. The molecule has 0 atom stereocenters. The molecule has 2 aromatic heterocycles. The first-order valence-electron chi connectivity index (χ1n) is 14.9. The second-order valence-electron chi connectivity index (χ2n) is 12.7. The van der Waals surface area contributed by atoms with Gasteiger partial charge in [0.1, 0.15) is 22.9 Å². The molecule has 1 saturated carbocycles. The Bertz CT molecular complexity index is 2180. The van der Waals surface area contributed by atoms with E-state index < -0.39 is 86.1 Å². The van der Waals surface area contributed by atoms with E-state index >= 15 is 13.2 Å². The van der Waals surface area contributed by atoms with Crippen molar-refractivity contribution in [1.82, 2.24) is 14.3 Å². The third-order valence-electron chi connectivity index (χ3n) is 7.70. The van der Waals surface area contributed by atoms with E-state index in [1.54, 1.807) is 10.9 Å². The Labute approximate surface area is 283 Å². The molecule has 0 spiro atoms. The smallest absolute Gasteiger partial charge is 0.432 e. The van der Waals surface area contributed by atoms with Crippen molar-refractivity contribution in [1.29, 1.82) is 0 Å². The molecule has 1 amide bonds. The quantitative estimate of drug-likeness (QED) is 0.183. The fourth-order valence-electron chi connectivity index (χ4n) is 5.50. The first-order chi connectivity index (χ1) is 23.2. The monoisotopic (exact) mass is 724 g/mol. The number of amides is 1. The highest BCUT2D eigenvalue weighted by molar-refractivity contribution is 6.34. The van der Waals surface area contributed by atoms with Gasteiger partial charge in [0.15, 0.2) is 0 Å². The predicted molar refractivity (Wildman–Crippen MR) is 168 cm³/mol. The van der Waals surface area contributed by atoms with Gasteiger partial charge in [0.2, 0.25) is 0 Å². The van der Waals surface area contributed by atoms with Crippen LogP contribution in [-0.2, 0) is 17.1 Å². The van der Waals surface area contributed by atoms with Crippen LogP contribution in [0.15, 0.2) is 60.9 Å². The van der Waals surface area contributed by atoms with E-state index in [0.717, 1.165) is 37.1 Å². The maximum atomic E-state index is 15.2. The summed E-state index contributed by atoms with van der Waals surface area (Å²) in [7, 11) is 0. The number of carbonyl (C=O) groups is 2. The molecule has 50 heavy (non-hydrogen) atoms. The van der Waals surface area contributed by atoms with Gasteiger partial charge in [0.05, 0.1) is 34.2 Å². The standard InChI is InChI=1S/C34H25ClF8N4O3/c1-32(2,3)50-31(49)47-28(23-13-20(36)4-7-25(23)35)27-24(29(47)34(41,42)43)10-16(18-14-44-46(15-18)22-5-6-22)11-26(27)45-30(48)17-8-19(33(38,39)40)12-21(37)9-17/h4,7-15,22H,5-6H2,1-3H3,(H,45,48). The summed E-state index contributed by atoms with van der Waals surface area (Å²) >= 11 is 6.40. The van der Waals surface area contributed by atoms with E-state index in [0.29, 0.717) is 17.7 Å². The minimum Gasteiger partial charge on any atom is -0.443 e. The van der Waals surface area contributed by atoms with Gasteiger partial charge in [-0.3, -0.25) is 9.48 Å². The van der Waals surface area contributed by atoms with Crippen LogP contribution >= 0.6 is 11.6 Å². The van der Waals surface area contributed by atoms with Gasteiger partial charge in [-0.25, -0.2) is 18.1 Å². The number of anilines is 1. The number of aromatic nitrogens is 3. The van der Waals surface area contributed by atoms with Crippen molar-refractivity contribution in [2.24, 2.45) is 0 Å². The lowest BCUT2D eigenvalue weighted by Crippen LogP contribution is -2.30. The largest absolute Gasteiger partial charge is 0.443 e. The summed E-state index contributed by atoms with van der Waals surface area (Å²) in [5, 5.41) is 5.11. The SMILES string of the molecule is CC(C)(C)OC(=O)n1c(C(F)(F)F)c2cc(-c3cnn(C4CC4)c3)cc(NC(=O)c3cc(F)cc(C(F)(F)F)c3)c2c1-c1cc(F)ccc1Cl. The Balaban J connectivity index is 1.70. The highest BCUT2D eigenvalue weighted by atomic mass is 35.5. The topological polar surface area (TPSA) is 78.2 Å². The van der Waals surface area contributed by atoms with E-state index in [2.05, 4.69) is 10.4 Å². The maximum absolute atomic E-state index is 15.2. The number of rotatable bonds is 5. The highest BCUT2D eigenvalue weighted by Gasteiger charge is 2.43. The molecular formula is C34H25ClF8N4O3. The molecule has 16 heteroatoms. The van der Waals surface area contributed by atoms with Gasteiger partial charge < -0.3 is 10.1 Å². The summed E-state index contributed by atoms with van der Waals surface area (Å²) in [5.74, 6) is -3.69. The minimum absolute atomic E-state index is 0.0543. The molecule has 0 radical (unpaired) electrons. The third kappa shape index (κ3) is 6.91. The van der Waals surface area contributed by atoms with Crippen molar-refractivity contribution in [2.75, 3.05) is 5.32 Å².